The number of hydrogen-bond donors (Lipinski definition) is 1. The average Bonchev–Trinajstić information content (AvgIpc) is 3.16. The SMILES string of the molecule is CCCNC(=O)[C@@H](C)Sc1nc2ccccc2c(=O)n1C[C@H]1CCCO1. The van der Waals surface area contributed by atoms with Gasteiger partial charge in [-0.2, -0.15) is 0 Å². The number of rotatable bonds is 7. The molecule has 1 amide bonds. The van der Waals surface area contributed by atoms with Crippen molar-refractivity contribution in [2.45, 2.75) is 56.2 Å². The summed E-state index contributed by atoms with van der Waals surface area (Å²) in [6.45, 7) is 5.72. The number of ether oxygens (including phenoxy) is 1. The van der Waals surface area contributed by atoms with Crippen LogP contribution in [0.4, 0.5) is 0 Å². The Kier molecular flexibility index (Phi) is 6.32. The summed E-state index contributed by atoms with van der Waals surface area (Å²) in [6.07, 6.45) is 2.87. The monoisotopic (exact) mass is 375 g/mol. The lowest BCUT2D eigenvalue weighted by molar-refractivity contribution is -0.120. The molecule has 1 aliphatic heterocycles. The van der Waals surface area contributed by atoms with Crippen LogP contribution in [0.25, 0.3) is 10.9 Å². The smallest absolute Gasteiger partial charge is 0.262 e. The fraction of sp³-hybridized carbons (Fsp3) is 0.526. The topological polar surface area (TPSA) is 73.2 Å². The molecular formula is C19H25N3O3S. The van der Waals surface area contributed by atoms with Gasteiger partial charge in [0.25, 0.3) is 5.56 Å². The van der Waals surface area contributed by atoms with Gasteiger partial charge >= 0.3 is 0 Å². The predicted molar refractivity (Wildman–Crippen MR) is 104 cm³/mol. The number of thioether (sulfide) groups is 1. The van der Waals surface area contributed by atoms with E-state index in [-0.39, 0.29) is 22.8 Å². The van der Waals surface area contributed by atoms with Gasteiger partial charge in [0.15, 0.2) is 5.16 Å². The number of nitrogens with zero attached hydrogens (tertiary/aromatic N) is 2. The number of fused-ring (bicyclic) bond motifs is 1. The average molecular weight is 375 g/mol. The standard InChI is InChI=1S/C19H25N3O3S/c1-3-10-20-17(23)13(2)26-19-21-16-9-5-4-8-15(16)18(24)22(19)12-14-7-6-11-25-14/h4-5,8-9,13-14H,3,6-7,10-12H2,1-2H3,(H,20,23)/t13-,14-/m1/s1. The van der Waals surface area contributed by atoms with Gasteiger partial charge in [-0.1, -0.05) is 30.8 Å². The lowest BCUT2D eigenvalue weighted by Crippen LogP contribution is -2.33. The molecule has 140 valence electrons. The van der Waals surface area contributed by atoms with Crippen LogP contribution in [-0.2, 0) is 16.1 Å². The van der Waals surface area contributed by atoms with E-state index in [1.807, 2.05) is 32.0 Å². The molecule has 0 saturated carbocycles. The first-order chi connectivity index (χ1) is 12.6. The molecule has 3 rings (SSSR count). The van der Waals surface area contributed by atoms with Crippen molar-refractivity contribution < 1.29 is 9.53 Å². The zero-order valence-corrected chi connectivity index (χ0v) is 16.1. The van der Waals surface area contributed by atoms with Gasteiger partial charge in [0.2, 0.25) is 5.91 Å². The molecule has 2 aromatic rings. The van der Waals surface area contributed by atoms with Crippen molar-refractivity contribution in [2.24, 2.45) is 0 Å². The quantitative estimate of drug-likeness (QED) is 0.595. The lowest BCUT2D eigenvalue weighted by Gasteiger charge is -2.18. The Hall–Kier alpha value is -1.86. The molecule has 2 atom stereocenters. The Morgan fingerprint density at radius 3 is 3.00 bits per heavy atom. The van der Waals surface area contributed by atoms with Gasteiger partial charge in [-0.3, -0.25) is 14.2 Å². The van der Waals surface area contributed by atoms with Crippen molar-refractivity contribution in [1.29, 1.82) is 0 Å². The van der Waals surface area contributed by atoms with Crippen molar-refractivity contribution >= 4 is 28.6 Å². The number of hydrogen-bond acceptors (Lipinski definition) is 5. The molecule has 2 heterocycles. The van der Waals surface area contributed by atoms with Gasteiger partial charge in [0.1, 0.15) is 0 Å². The van der Waals surface area contributed by atoms with Crippen molar-refractivity contribution in [3.05, 3.63) is 34.6 Å². The van der Waals surface area contributed by atoms with E-state index in [9.17, 15) is 9.59 Å². The van der Waals surface area contributed by atoms with Crippen LogP contribution in [0.2, 0.25) is 0 Å². The third-order valence-corrected chi connectivity index (χ3v) is 5.53. The molecule has 0 unspecified atom stereocenters. The maximum Gasteiger partial charge on any atom is 0.262 e. The second-order valence-electron chi connectivity index (χ2n) is 6.51. The minimum absolute atomic E-state index is 0.0271. The molecule has 0 aliphatic carbocycles. The fourth-order valence-corrected chi connectivity index (χ4v) is 3.94. The molecule has 0 spiro atoms. The van der Waals surface area contributed by atoms with Crippen LogP contribution in [0.15, 0.2) is 34.2 Å². The zero-order valence-electron chi connectivity index (χ0n) is 15.2. The van der Waals surface area contributed by atoms with Crippen LogP contribution in [0.1, 0.15) is 33.1 Å². The first-order valence-electron chi connectivity index (χ1n) is 9.15. The van der Waals surface area contributed by atoms with Crippen LogP contribution in [0.3, 0.4) is 0 Å². The molecule has 1 aliphatic rings. The fourth-order valence-electron chi connectivity index (χ4n) is 2.99. The highest BCUT2D eigenvalue weighted by atomic mass is 32.2. The number of carbonyl (C=O) groups is 1. The van der Waals surface area contributed by atoms with Crippen LogP contribution in [-0.4, -0.2) is 40.0 Å². The normalized spacial score (nSPS) is 18.2. The second kappa shape index (κ2) is 8.68. The Morgan fingerprint density at radius 1 is 1.46 bits per heavy atom. The minimum Gasteiger partial charge on any atom is -0.376 e. The van der Waals surface area contributed by atoms with Crippen molar-refractivity contribution in [3.63, 3.8) is 0 Å². The molecule has 1 saturated heterocycles. The third kappa shape index (κ3) is 4.27. The van der Waals surface area contributed by atoms with E-state index in [0.717, 1.165) is 25.9 Å². The molecule has 1 fully saturated rings. The molecule has 7 heteroatoms. The summed E-state index contributed by atoms with van der Waals surface area (Å²) in [5.41, 5.74) is 0.583. The van der Waals surface area contributed by atoms with E-state index in [1.165, 1.54) is 11.8 Å². The molecule has 6 nitrogen and oxygen atoms in total. The van der Waals surface area contributed by atoms with E-state index < -0.39 is 0 Å². The van der Waals surface area contributed by atoms with E-state index in [4.69, 9.17) is 4.74 Å². The Bertz CT molecular complexity index is 830. The highest BCUT2D eigenvalue weighted by Crippen LogP contribution is 2.24. The largest absolute Gasteiger partial charge is 0.376 e. The summed E-state index contributed by atoms with van der Waals surface area (Å²) < 4.78 is 7.38. The second-order valence-corrected chi connectivity index (χ2v) is 7.82. The van der Waals surface area contributed by atoms with E-state index >= 15 is 0 Å². The predicted octanol–water partition coefficient (Wildman–Crippen LogP) is 2.58. The highest BCUT2D eigenvalue weighted by Gasteiger charge is 2.23. The summed E-state index contributed by atoms with van der Waals surface area (Å²) in [6, 6.07) is 7.34. The molecule has 1 aromatic carbocycles. The number of nitrogens with one attached hydrogen (secondary N) is 1. The van der Waals surface area contributed by atoms with Crippen molar-refractivity contribution in [2.75, 3.05) is 13.2 Å². The van der Waals surface area contributed by atoms with Crippen LogP contribution >= 0.6 is 11.8 Å². The Morgan fingerprint density at radius 2 is 2.27 bits per heavy atom. The molecule has 0 bridgehead atoms. The van der Waals surface area contributed by atoms with Gasteiger partial charge in [-0.15, -0.1) is 0 Å². The molecular weight excluding hydrogens is 350 g/mol. The maximum absolute atomic E-state index is 13.0. The molecule has 1 N–H and O–H groups in total. The molecule has 1 aromatic heterocycles. The van der Waals surface area contributed by atoms with Crippen LogP contribution in [0, 0.1) is 0 Å². The van der Waals surface area contributed by atoms with Gasteiger partial charge in [0, 0.05) is 13.2 Å². The number of benzene rings is 1. The lowest BCUT2D eigenvalue weighted by atomic mass is 10.2. The first-order valence-corrected chi connectivity index (χ1v) is 10.0. The Labute approximate surface area is 157 Å². The highest BCUT2D eigenvalue weighted by molar-refractivity contribution is 8.00. The van der Waals surface area contributed by atoms with E-state index in [0.29, 0.717) is 29.1 Å². The summed E-state index contributed by atoms with van der Waals surface area (Å²) in [5, 5.41) is 3.74. The van der Waals surface area contributed by atoms with Gasteiger partial charge in [0.05, 0.1) is 28.8 Å². The minimum atomic E-state index is -0.328. The maximum atomic E-state index is 13.0. The third-order valence-electron chi connectivity index (χ3n) is 4.44. The summed E-state index contributed by atoms with van der Waals surface area (Å²) in [7, 11) is 0. The number of amides is 1. The summed E-state index contributed by atoms with van der Waals surface area (Å²) in [5.74, 6) is -0.0390. The summed E-state index contributed by atoms with van der Waals surface area (Å²) in [4.78, 5) is 29.9. The molecule has 26 heavy (non-hydrogen) atoms. The van der Waals surface area contributed by atoms with E-state index in [2.05, 4.69) is 10.3 Å². The number of para-hydroxylation sites is 1. The number of aromatic nitrogens is 2. The van der Waals surface area contributed by atoms with Gasteiger partial charge < -0.3 is 10.1 Å². The number of carbonyl (C=O) groups excluding carboxylic acids is 1. The molecule has 0 radical (unpaired) electrons. The zero-order chi connectivity index (χ0) is 18.5. The van der Waals surface area contributed by atoms with Crippen molar-refractivity contribution in [3.8, 4) is 0 Å². The summed E-state index contributed by atoms with van der Waals surface area (Å²) >= 11 is 1.33. The Balaban J connectivity index is 1.93. The first kappa shape index (κ1) is 18.9. The van der Waals surface area contributed by atoms with Gasteiger partial charge in [-0.25, -0.2) is 4.98 Å². The van der Waals surface area contributed by atoms with Gasteiger partial charge in [-0.05, 0) is 38.3 Å². The van der Waals surface area contributed by atoms with Crippen molar-refractivity contribution in [1.82, 2.24) is 14.9 Å². The van der Waals surface area contributed by atoms with Crippen LogP contribution in [0.5, 0.6) is 0 Å². The van der Waals surface area contributed by atoms with E-state index in [1.54, 1.807) is 10.6 Å². The van der Waals surface area contributed by atoms with Crippen LogP contribution < -0.4 is 10.9 Å².